The number of hydrogen-bond acceptors (Lipinski definition) is 3. The molecule has 0 aliphatic heterocycles. The Morgan fingerprint density at radius 3 is 2.70 bits per heavy atom. The summed E-state index contributed by atoms with van der Waals surface area (Å²) in [7, 11) is 1.65. The van der Waals surface area contributed by atoms with Gasteiger partial charge in [-0.1, -0.05) is 30.7 Å². The highest BCUT2D eigenvalue weighted by Gasteiger charge is 2.09. The third kappa shape index (κ3) is 3.25. The molecule has 0 radical (unpaired) electrons. The molecule has 23 heavy (non-hydrogen) atoms. The second-order valence-electron chi connectivity index (χ2n) is 5.22. The Hall–Kier alpha value is -2.26. The lowest BCUT2D eigenvalue weighted by Gasteiger charge is -2.08. The van der Waals surface area contributed by atoms with Crippen LogP contribution in [0.1, 0.15) is 13.3 Å². The van der Waals surface area contributed by atoms with Gasteiger partial charge in [-0.05, 0) is 36.8 Å². The van der Waals surface area contributed by atoms with Crippen LogP contribution in [0.25, 0.3) is 22.3 Å². The van der Waals surface area contributed by atoms with Gasteiger partial charge in [0.15, 0.2) is 0 Å². The highest BCUT2D eigenvalue weighted by molar-refractivity contribution is 6.33. The van der Waals surface area contributed by atoms with Gasteiger partial charge in [0.05, 0.1) is 17.5 Å². The first-order valence-corrected chi connectivity index (χ1v) is 7.98. The molecule has 0 bridgehead atoms. The molecule has 2 aromatic carbocycles. The normalized spacial score (nSPS) is 11.9. The van der Waals surface area contributed by atoms with E-state index in [9.17, 15) is 0 Å². The topological polar surface area (TPSA) is 34.7 Å². The Morgan fingerprint density at radius 1 is 1.13 bits per heavy atom. The fourth-order valence-corrected chi connectivity index (χ4v) is 2.66. The third-order valence-corrected chi connectivity index (χ3v) is 3.93. The zero-order chi connectivity index (χ0) is 16.2. The first-order chi connectivity index (χ1) is 11.2. The number of fused-ring (bicyclic) bond motifs is 1. The lowest BCUT2D eigenvalue weighted by atomic mass is 10.1. The summed E-state index contributed by atoms with van der Waals surface area (Å²) in [6.45, 7) is 2.87. The van der Waals surface area contributed by atoms with Crippen molar-refractivity contribution in [1.29, 1.82) is 0 Å². The van der Waals surface area contributed by atoms with Crippen molar-refractivity contribution in [2.75, 3.05) is 13.7 Å². The molecule has 0 spiro atoms. The van der Waals surface area contributed by atoms with Gasteiger partial charge in [0, 0.05) is 23.6 Å². The molecule has 3 aromatic rings. The smallest absolute Gasteiger partial charge is 0.138 e. The van der Waals surface area contributed by atoms with Gasteiger partial charge in [-0.2, -0.15) is 0 Å². The summed E-state index contributed by atoms with van der Waals surface area (Å²) < 4.78 is 11.4. The number of benzene rings is 2. The van der Waals surface area contributed by atoms with Crippen LogP contribution in [-0.4, -0.2) is 13.7 Å². The average molecular weight is 328 g/mol. The summed E-state index contributed by atoms with van der Waals surface area (Å²) in [5, 5.41) is 2.49. The minimum absolute atomic E-state index is 0.658. The van der Waals surface area contributed by atoms with Crippen molar-refractivity contribution < 1.29 is 9.15 Å². The molecule has 0 amide bonds. The summed E-state index contributed by atoms with van der Waals surface area (Å²) in [5.74, 6) is 1.49. The molecule has 0 saturated carbocycles. The van der Waals surface area contributed by atoms with E-state index < -0.39 is 0 Å². The largest absolute Gasteiger partial charge is 0.497 e. The summed E-state index contributed by atoms with van der Waals surface area (Å²) in [6, 6.07) is 15.3. The predicted octanol–water partition coefficient (Wildman–Crippen LogP) is 5.07. The van der Waals surface area contributed by atoms with Crippen LogP contribution in [0.5, 0.6) is 5.75 Å². The fourth-order valence-electron chi connectivity index (χ4n) is 2.43. The lowest BCUT2D eigenvalue weighted by molar-refractivity contribution is 0.415. The molecule has 1 aromatic heterocycles. The Bertz CT molecular complexity index is 899. The van der Waals surface area contributed by atoms with E-state index in [0.717, 1.165) is 40.6 Å². The van der Waals surface area contributed by atoms with Crippen LogP contribution in [0, 0.1) is 0 Å². The van der Waals surface area contributed by atoms with E-state index in [4.69, 9.17) is 20.8 Å². The number of hydrogen-bond donors (Lipinski definition) is 0. The molecule has 0 aliphatic carbocycles. The van der Waals surface area contributed by atoms with Crippen LogP contribution in [0.3, 0.4) is 0 Å². The van der Waals surface area contributed by atoms with E-state index >= 15 is 0 Å². The highest BCUT2D eigenvalue weighted by atomic mass is 35.5. The molecule has 118 valence electrons. The summed E-state index contributed by atoms with van der Waals surface area (Å²) in [6.07, 6.45) is 0.985. The minimum atomic E-state index is 0.658. The molecule has 0 atom stereocenters. The number of ether oxygens (including phenoxy) is 1. The van der Waals surface area contributed by atoms with E-state index in [0.29, 0.717) is 10.8 Å². The van der Waals surface area contributed by atoms with Crippen LogP contribution >= 0.6 is 11.6 Å². The Labute approximate surface area is 140 Å². The van der Waals surface area contributed by atoms with Gasteiger partial charge < -0.3 is 9.15 Å². The molecular weight excluding hydrogens is 310 g/mol. The van der Waals surface area contributed by atoms with Gasteiger partial charge in [-0.25, -0.2) is 0 Å². The van der Waals surface area contributed by atoms with Crippen LogP contribution in [0.2, 0.25) is 5.02 Å². The van der Waals surface area contributed by atoms with E-state index in [1.807, 2.05) is 48.5 Å². The van der Waals surface area contributed by atoms with Crippen LogP contribution in [0.4, 0.5) is 0 Å². The SMILES string of the molecule is CCCN=c1cc(-c2ccccc2Cl)oc2ccc(OC)cc12. The standard InChI is InChI=1S/C19H18ClNO2/c1-3-10-21-17-12-19(14-6-4-5-7-16(14)20)23-18-9-8-13(22-2)11-15(17)18/h4-9,11-12H,3,10H2,1-2H3. The van der Waals surface area contributed by atoms with Crippen molar-refractivity contribution in [3.8, 4) is 17.1 Å². The molecular formula is C19H18ClNO2. The summed E-state index contributed by atoms with van der Waals surface area (Å²) >= 11 is 6.30. The number of rotatable bonds is 4. The van der Waals surface area contributed by atoms with E-state index in [-0.39, 0.29) is 0 Å². The third-order valence-electron chi connectivity index (χ3n) is 3.60. The molecule has 1 heterocycles. The molecule has 4 heteroatoms. The van der Waals surface area contributed by atoms with Gasteiger partial charge in [-0.3, -0.25) is 4.99 Å². The average Bonchev–Trinajstić information content (AvgIpc) is 2.59. The second kappa shape index (κ2) is 6.88. The lowest BCUT2D eigenvalue weighted by Crippen LogP contribution is -2.05. The van der Waals surface area contributed by atoms with Gasteiger partial charge in [0.1, 0.15) is 17.1 Å². The van der Waals surface area contributed by atoms with Gasteiger partial charge in [0.2, 0.25) is 0 Å². The van der Waals surface area contributed by atoms with E-state index in [1.54, 1.807) is 7.11 Å². The first kappa shape index (κ1) is 15.6. The molecule has 0 aliphatic rings. The van der Waals surface area contributed by atoms with Crippen molar-refractivity contribution in [2.24, 2.45) is 4.99 Å². The van der Waals surface area contributed by atoms with Gasteiger partial charge >= 0.3 is 0 Å². The molecule has 3 rings (SSSR count). The number of methoxy groups -OCH3 is 1. The van der Waals surface area contributed by atoms with Crippen LogP contribution in [-0.2, 0) is 0 Å². The molecule has 3 nitrogen and oxygen atoms in total. The Balaban J connectivity index is 2.28. The molecule has 0 N–H and O–H groups in total. The zero-order valence-corrected chi connectivity index (χ0v) is 13.9. The second-order valence-corrected chi connectivity index (χ2v) is 5.63. The maximum absolute atomic E-state index is 6.30. The van der Waals surface area contributed by atoms with Crippen molar-refractivity contribution in [3.05, 3.63) is 58.9 Å². The maximum atomic E-state index is 6.30. The molecule has 0 saturated heterocycles. The van der Waals surface area contributed by atoms with Crippen LogP contribution < -0.4 is 10.1 Å². The number of nitrogens with zero attached hydrogens (tertiary/aromatic N) is 1. The van der Waals surface area contributed by atoms with Gasteiger partial charge in [-0.15, -0.1) is 0 Å². The molecule has 0 fully saturated rings. The van der Waals surface area contributed by atoms with Crippen LogP contribution in [0.15, 0.2) is 57.9 Å². The van der Waals surface area contributed by atoms with Crippen molar-refractivity contribution in [2.45, 2.75) is 13.3 Å². The van der Waals surface area contributed by atoms with Crippen molar-refractivity contribution >= 4 is 22.6 Å². The van der Waals surface area contributed by atoms with Gasteiger partial charge in [0.25, 0.3) is 0 Å². The quantitative estimate of drug-likeness (QED) is 0.670. The minimum Gasteiger partial charge on any atom is -0.497 e. The number of halogens is 1. The monoisotopic (exact) mass is 327 g/mol. The predicted molar refractivity (Wildman–Crippen MR) is 93.9 cm³/mol. The molecule has 0 unspecified atom stereocenters. The summed E-state index contributed by atoms with van der Waals surface area (Å²) in [5.41, 5.74) is 1.62. The first-order valence-electron chi connectivity index (χ1n) is 7.60. The van der Waals surface area contributed by atoms with Crippen molar-refractivity contribution in [3.63, 3.8) is 0 Å². The Morgan fingerprint density at radius 2 is 1.96 bits per heavy atom. The van der Waals surface area contributed by atoms with E-state index in [1.165, 1.54) is 0 Å². The fraction of sp³-hybridized carbons (Fsp3) is 0.211. The van der Waals surface area contributed by atoms with Crippen molar-refractivity contribution in [1.82, 2.24) is 0 Å². The maximum Gasteiger partial charge on any atom is 0.138 e. The zero-order valence-electron chi connectivity index (χ0n) is 13.2. The Kier molecular flexibility index (Phi) is 4.68. The van der Waals surface area contributed by atoms with E-state index in [2.05, 4.69) is 11.9 Å². The highest BCUT2D eigenvalue weighted by Crippen LogP contribution is 2.29. The summed E-state index contributed by atoms with van der Waals surface area (Å²) in [4.78, 5) is 4.69.